The maximum absolute atomic E-state index is 10.7. The summed E-state index contributed by atoms with van der Waals surface area (Å²) in [6, 6.07) is 1.28. The molecule has 1 aromatic heterocycles. The molecule has 0 saturated carbocycles. The number of rotatable bonds is 3. The molecular weight excluding hydrogens is 258 g/mol. The fraction of sp³-hybridized carbons (Fsp3) is 0.300. The van der Waals surface area contributed by atoms with Crippen LogP contribution in [0.2, 0.25) is 5.15 Å². The Balaban J connectivity index is 2.98. The quantitative estimate of drug-likeness (QED) is 0.123. The molecule has 0 unspecified atom stereocenters. The maximum Gasteiger partial charge on any atom is 0.307 e. The Morgan fingerprint density at radius 1 is 1.72 bits per heavy atom. The van der Waals surface area contributed by atoms with E-state index in [4.69, 9.17) is 17.1 Å². The molecule has 1 rings (SSSR count). The van der Waals surface area contributed by atoms with Crippen LogP contribution in [0.5, 0.6) is 0 Å². The molecule has 0 spiro atoms. The number of pyridine rings is 1. The Morgan fingerprint density at radius 3 is 3.06 bits per heavy atom. The van der Waals surface area contributed by atoms with Crippen LogP contribution in [0.15, 0.2) is 11.2 Å². The standard InChI is InChI=1S/C10H8ClN5O2/c1-7-8(4-2-3-5-13-15-12)6-9(16(17)18)10(11)14-7/h6H,3,5H2,1H3. The van der Waals surface area contributed by atoms with Crippen molar-refractivity contribution in [2.75, 3.05) is 6.54 Å². The van der Waals surface area contributed by atoms with E-state index in [2.05, 4.69) is 26.9 Å². The third kappa shape index (κ3) is 3.63. The van der Waals surface area contributed by atoms with Crippen LogP contribution in [-0.4, -0.2) is 16.5 Å². The van der Waals surface area contributed by atoms with Gasteiger partial charge in [-0.15, -0.1) is 0 Å². The molecule has 0 aliphatic heterocycles. The summed E-state index contributed by atoms with van der Waals surface area (Å²) in [5, 5.41) is 13.8. The lowest BCUT2D eigenvalue weighted by atomic mass is 10.2. The highest BCUT2D eigenvalue weighted by molar-refractivity contribution is 6.31. The highest BCUT2D eigenvalue weighted by Gasteiger charge is 2.15. The zero-order valence-electron chi connectivity index (χ0n) is 9.42. The molecule has 0 aliphatic rings. The molecule has 0 radical (unpaired) electrons. The molecular formula is C10H8ClN5O2. The van der Waals surface area contributed by atoms with Crippen LogP contribution in [0.25, 0.3) is 10.4 Å². The summed E-state index contributed by atoms with van der Waals surface area (Å²) >= 11 is 5.64. The normalized spacial score (nSPS) is 9.00. The van der Waals surface area contributed by atoms with Gasteiger partial charge in [0, 0.05) is 23.9 Å². The number of hydrogen-bond donors (Lipinski definition) is 0. The smallest absolute Gasteiger partial charge is 0.258 e. The van der Waals surface area contributed by atoms with E-state index in [0.29, 0.717) is 17.7 Å². The summed E-state index contributed by atoms with van der Waals surface area (Å²) in [7, 11) is 0. The van der Waals surface area contributed by atoms with Crippen LogP contribution in [-0.2, 0) is 0 Å². The van der Waals surface area contributed by atoms with E-state index < -0.39 is 4.92 Å². The van der Waals surface area contributed by atoms with Gasteiger partial charge in [-0.05, 0) is 12.5 Å². The van der Waals surface area contributed by atoms with Crippen molar-refractivity contribution < 1.29 is 4.92 Å². The third-order valence-electron chi connectivity index (χ3n) is 1.97. The molecule has 0 amide bonds. The van der Waals surface area contributed by atoms with Crippen molar-refractivity contribution in [2.45, 2.75) is 13.3 Å². The topological polar surface area (TPSA) is 105 Å². The molecule has 8 heteroatoms. The van der Waals surface area contributed by atoms with Crippen molar-refractivity contribution in [3.05, 3.63) is 43.0 Å². The molecule has 1 heterocycles. The summed E-state index contributed by atoms with van der Waals surface area (Å²) in [5.74, 6) is 5.48. The summed E-state index contributed by atoms with van der Waals surface area (Å²) in [5.41, 5.74) is 8.74. The van der Waals surface area contributed by atoms with Crippen molar-refractivity contribution in [1.29, 1.82) is 0 Å². The second kappa shape index (κ2) is 6.45. The molecule has 0 fully saturated rings. The first-order valence-corrected chi connectivity index (χ1v) is 5.25. The van der Waals surface area contributed by atoms with Crippen LogP contribution in [0.1, 0.15) is 17.7 Å². The third-order valence-corrected chi connectivity index (χ3v) is 2.25. The van der Waals surface area contributed by atoms with Gasteiger partial charge >= 0.3 is 5.69 Å². The summed E-state index contributed by atoms with van der Waals surface area (Å²) in [6.45, 7) is 1.92. The Kier molecular flexibility index (Phi) is 4.93. The lowest BCUT2D eigenvalue weighted by molar-refractivity contribution is -0.385. The minimum atomic E-state index is -0.611. The molecule has 0 atom stereocenters. The minimum Gasteiger partial charge on any atom is -0.258 e. The molecule has 0 aliphatic carbocycles. The molecule has 7 nitrogen and oxygen atoms in total. The number of azide groups is 1. The highest BCUT2D eigenvalue weighted by atomic mass is 35.5. The van der Waals surface area contributed by atoms with Gasteiger partial charge in [0.25, 0.3) is 0 Å². The van der Waals surface area contributed by atoms with Gasteiger partial charge in [0.15, 0.2) is 0 Å². The SMILES string of the molecule is Cc1nc(Cl)c([N+](=O)[O-])cc1C#CCCN=[N+]=[N-]. The van der Waals surface area contributed by atoms with Gasteiger partial charge in [-0.25, -0.2) is 4.98 Å². The van der Waals surface area contributed by atoms with Gasteiger partial charge in [-0.1, -0.05) is 28.6 Å². The monoisotopic (exact) mass is 265 g/mol. The van der Waals surface area contributed by atoms with E-state index in [-0.39, 0.29) is 17.4 Å². The van der Waals surface area contributed by atoms with Crippen molar-refractivity contribution in [1.82, 2.24) is 4.98 Å². The summed E-state index contributed by atoms with van der Waals surface area (Å²) in [4.78, 5) is 16.5. The van der Waals surface area contributed by atoms with Crippen molar-refractivity contribution in [2.24, 2.45) is 5.11 Å². The van der Waals surface area contributed by atoms with E-state index in [1.165, 1.54) is 6.07 Å². The molecule has 92 valence electrons. The predicted molar refractivity (Wildman–Crippen MR) is 66.1 cm³/mol. The van der Waals surface area contributed by atoms with E-state index in [1.807, 2.05) is 0 Å². The lowest BCUT2D eigenvalue weighted by Crippen LogP contribution is -1.96. The van der Waals surface area contributed by atoms with E-state index in [9.17, 15) is 10.1 Å². The molecule has 0 bridgehead atoms. The van der Waals surface area contributed by atoms with Gasteiger partial charge < -0.3 is 0 Å². The Morgan fingerprint density at radius 2 is 2.44 bits per heavy atom. The Bertz CT molecular complexity index is 584. The average molecular weight is 266 g/mol. The largest absolute Gasteiger partial charge is 0.307 e. The highest BCUT2D eigenvalue weighted by Crippen LogP contribution is 2.24. The van der Waals surface area contributed by atoms with Crippen LogP contribution in [0, 0.1) is 28.9 Å². The number of hydrogen-bond acceptors (Lipinski definition) is 4. The molecule has 1 aromatic rings. The first kappa shape index (κ1) is 13.8. The van der Waals surface area contributed by atoms with Crippen LogP contribution in [0.3, 0.4) is 0 Å². The lowest BCUT2D eigenvalue weighted by Gasteiger charge is -1.99. The second-order valence-electron chi connectivity index (χ2n) is 3.19. The first-order valence-electron chi connectivity index (χ1n) is 4.87. The number of aromatic nitrogens is 1. The van der Waals surface area contributed by atoms with Crippen molar-refractivity contribution in [3.8, 4) is 11.8 Å². The van der Waals surface area contributed by atoms with Gasteiger partial charge in [-0.2, -0.15) is 0 Å². The van der Waals surface area contributed by atoms with Crippen LogP contribution in [0.4, 0.5) is 5.69 Å². The summed E-state index contributed by atoms with van der Waals surface area (Å²) in [6.07, 6.45) is 0.375. The van der Waals surface area contributed by atoms with Crippen molar-refractivity contribution >= 4 is 17.3 Å². The van der Waals surface area contributed by atoms with Gasteiger partial charge in [0.2, 0.25) is 5.15 Å². The fourth-order valence-corrected chi connectivity index (χ4v) is 1.38. The summed E-state index contributed by atoms with van der Waals surface area (Å²) < 4.78 is 0. The van der Waals surface area contributed by atoms with Gasteiger partial charge in [-0.3, -0.25) is 10.1 Å². The first-order chi connectivity index (χ1) is 8.56. The van der Waals surface area contributed by atoms with Crippen LogP contribution < -0.4 is 0 Å². The zero-order chi connectivity index (χ0) is 13.5. The fourth-order valence-electron chi connectivity index (χ4n) is 1.13. The maximum atomic E-state index is 10.7. The molecule has 18 heavy (non-hydrogen) atoms. The molecule has 0 saturated heterocycles. The number of nitrogens with zero attached hydrogens (tertiary/aromatic N) is 5. The second-order valence-corrected chi connectivity index (χ2v) is 3.55. The van der Waals surface area contributed by atoms with Gasteiger partial charge in [0.1, 0.15) is 0 Å². The minimum absolute atomic E-state index is 0.155. The Labute approximate surface area is 108 Å². The van der Waals surface area contributed by atoms with Crippen LogP contribution >= 0.6 is 11.6 Å². The number of nitro groups is 1. The zero-order valence-corrected chi connectivity index (χ0v) is 10.2. The van der Waals surface area contributed by atoms with E-state index in [1.54, 1.807) is 6.92 Å². The number of halogens is 1. The van der Waals surface area contributed by atoms with E-state index in [0.717, 1.165) is 0 Å². The van der Waals surface area contributed by atoms with Gasteiger partial charge in [0.05, 0.1) is 16.2 Å². The average Bonchev–Trinajstić information content (AvgIpc) is 2.30. The van der Waals surface area contributed by atoms with E-state index >= 15 is 0 Å². The molecule has 0 aromatic carbocycles. The van der Waals surface area contributed by atoms with Crippen molar-refractivity contribution in [3.63, 3.8) is 0 Å². The number of aryl methyl sites for hydroxylation is 1. The Hall–Kier alpha value is -2.29. The predicted octanol–water partition coefficient (Wildman–Crippen LogP) is 3.00. The molecule has 0 N–H and O–H groups in total.